The summed E-state index contributed by atoms with van der Waals surface area (Å²) in [5.74, 6) is -0.204. The largest absolute Gasteiger partial charge is 0.387 e. The van der Waals surface area contributed by atoms with E-state index in [1.165, 1.54) is 0 Å². The second-order valence-corrected chi connectivity index (χ2v) is 3.56. The van der Waals surface area contributed by atoms with Crippen LogP contribution in [0.25, 0.3) is 0 Å². The van der Waals surface area contributed by atoms with Gasteiger partial charge in [0.1, 0.15) is 6.61 Å². The minimum atomic E-state index is -0.406. The van der Waals surface area contributed by atoms with Crippen molar-refractivity contribution < 1.29 is 14.1 Å². The fraction of sp³-hybridized carbons (Fsp3) is 0.875. The van der Waals surface area contributed by atoms with E-state index in [4.69, 9.17) is 9.29 Å². The van der Waals surface area contributed by atoms with Crippen LogP contribution in [0.15, 0.2) is 0 Å². The molecule has 1 aliphatic heterocycles. The van der Waals surface area contributed by atoms with Gasteiger partial charge in [-0.2, -0.15) is 0 Å². The molecule has 0 aromatic carbocycles. The van der Waals surface area contributed by atoms with E-state index in [-0.39, 0.29) is 18.1 Å². The third-order valence-corrected chi connectivity index (χ3v) is 2.73. The molecule has 0 spiro atoms. The molecule has 0 bridgehead atoms. The number of amides is 1. The van der Waals surface area contributed by atoms with Crippen molar-refractivity contribution in [2.75, 3.05) is 13.2 Å². The zero-order valence-corrected chi connectivity index (χ0v) is 8.54. The molecule has 76 valence electrons. The van der Waals surface area contributed by atoms with Crippen molar-refractivity contribution >= 4 is 18.8 Å². The van der Waals surface area contributed by atoms with Crippen LogP contribution in [0.3, 0.4) is 0 Å². The molecule has 1 heterocycles. The Morgan fingerprint density at radius 3 is 2.92 bits per heavy atom. The predicted octanol–water partition coefficient (Wildman–Crippen LogP) is 0.220. The lowest BCUT2D eigenvalue weighted by Gasteiger charge is -2.36. The van der Waals surface area contributed by atoms with E-state index in [9.17, 15) is 4.79 Å². The highest BCUT2D eigenvalue weighted by Gasteiger charge is 2.28. The molecule has 0 unspecified atom stereocenters. The van der Waals surface area contributed by atoms with Gasteiger partial charge in [0.15, 0.2) is 0 Å². The number of thiol groups is 1. The first-order valence-corrected chi connectivity index (χ1v) is 4.76. The van der Waals surface area contributed by atoms with Crippen molar-refractivity contribution in [2.24, 2.45) is 0 Å². The monoisotopic (exact) mass is 205 g/mol. The van der Waals surface area contributed by atoms with Crippen molar-refractivity contribution in [3.8, 4) is 0 Å². The number of rotatable bonds is 2. The Morgan fingerprint density at radius 2 is 2.46 bits per heavy atom. The van der Waals surface area contributed by atoms with E-state index >= 15 is 0 Å². The Labute approximate surface area is 83.5 Å². The summed E-state index contributed by atoms with van der Waals surface area (Å²) in [7, 11) is 0. The maximum atomic E-state index is 11.2. The van der Waals surface area contributed by atoms with Crippen molar-refractivity contribution in [3.05, 3.63) is 0 Å². The van der Waals surface area contributed by atoms with E-state index in [0.717, 1.165) is 12.8 Å². The van der Waals surface area contributed by atoms with Crippen LogP contribution in [-0.4, -0.2) is 41.2 Å². The number of carbonyl (C=O) groups is 1. The van der Waals surface area contributed by atoms with E-state index in [1.807, 2.05) is 6.92 Å². The number of aliphatic hydroxyl groups is 1. The van der Waals surface area contributed by atoms with Gasteiger partial charge in [0.05, 0.1) is 6.10 Å². The topological polar surface area (TPSA) is 49.8 Å². The van der Waals surface area contributed by atoms with Crippen LogP contribution in [0.4, 0.5) is 0 Å². The average molecular weight is 205 g/mol. The second-order valence-electron chi connectivity index (χ2n) is 3.35. The molecule has 1 aliphatic rings. The Balaban J connectivity index is 2.48. The zero-order valence-electron chi connectivity index (χ0n) is 7.64. The molecule has 5 heteroatoms. The Morgan fingerprint density at radius 1 is 1.77 bits per heavy atom. The van der Waals surface area contributed by atoms with Gasteiger partial charge in [0.25, 0.3) is 0 Å². The molecule has 1 saturated heterocycles. The Kier molecular flexibility index (Phi) is 4.02. The van der Waals surface area contributed by atoms with Crippen LogP contribution in [0.2, 0.25) is 0 Å². The quantitative estimate of drug-likeness (QED) is 0.501. The number of likely N-dealkylation sites (tertiary alicyclic amines) is 1. The lowest BCUT2D eigenvalue weighted by molar-refractivity contribution is -0.138. The molecule has 1 amide bonds. The summed E-state index contributed by atoms with van der Waals surface area (Å²) >= 11 is 3.76. The molecule has 0 aromatic rings. The third kappa shape index (κ3) is 2.59. The normalized spacial score (nSPS) is 29.0. The minimum Gasteiger partial charge on any atom is -0.387 e. The fourth-order valence-corrected chi connectivity index (χ4v) is 1.88. The zero-order chi connectivity index (χ0) is 9.84. The van der Waals surface area contributed by atoms with Gasteiger partial charge >= 0.3 is 0 Å². The fourth-order valence-electron chi connectivity index (χ4n) is 1.69. The van der Waals surface area contributed by atoms with Gasteiger partial charge in [-0.15, -0.1) is 0 Å². The molecule has 1 rings (SSSR count). The molecule has 1 N–H and O–H groups in total. The summed E-state index contributed by atoms with van der Waals surface area (Å²) in [6.45, 7) is 2.19. The molecule has 2 atom stereocenters. The molecular weight excluding hydrogens is 190 g/mol. The number of hydrogen-bond donors (Lipinski definition) is 2. The molecule has 0 saturated carbocycles. The Bertz CT molecular complexity index is 188. The van der Waals surface area contributed by atoms with Crippen LogP contribution in [0, 0.1) is 0 Å². The summed E-state index contributed by atoms with van der Waals surface area (Å²) in [5, 5.41) is 8.69. The molecule has 0 radical (unpaired) electrons. The average Bonchev–Trinajstić information content (AvgIpc) is 2.16. The van der Waals surface area contributed by atoms with Crippen LogP contribution in [-0.2, 0) is 8.98 Å². The van der Waals surface area contributed by atoms with Gasteiger partial charge in [-0.05, 0) is 32.7 Å². The first-order valence-electron chi connectivity index (χ1n) is 4.39. The molecule has 4 nitrogen and oxygen atoms in total. The van der Waals surface area contributed by atoms with Gasteiger partial charge in [-0.1, -0.05) is 0 Å². The first-order chi connectivity index (χ1) is 6.19. The summed E-state index contributed by atoms with van der Waals surface area (Å²) < 4.78 is 4.92. The van der Waals surface area contributed by atoms with Crippen molar-refractivity contribution in [2.45, 2.75) is 31.9 Å². The lowest BCUT2D eigenvalue weighted by atomic mass is 10.0. The lowest BCUT2D eigenvalue weighted by Crippen LogP contribution is -2.47. The van der Waals surface area contributed by atoms with Crippen molar-refractivity contribution in [3.63, 3.8) is 0 Å². The summed E-state index contributed by atoms with van der Waals surface area (Å²) in [6.07, 6.45) is 1.70. The second kappa shape index (κ2) is 4.83. The minimum absolute atomic E-state index is 0.126. The van der Waals surface area contributed by atoms with E-state index in [0.29, 0.717) is 6.54 Å². The first kappa shape index (κ1) is 10.8. The number of carbonyl (C=O) groups excluding carboxylic acids is 1. The number of piperidine rings is 1. The van der Waals surface area contributed by atoms with Gasteiger partial charge in [0, 0.05) is 12.6 Å². The van der Waals surface area contributed by atoms with E-state index < -0.39 is 6.61 Å². The number of nitrogens with zero attached hydrogens (tertiary/aromatic N) is 1. The van der Waals surface area contributed by atoms with Gasteiger partial charge in [-0.25, -0.2) is 0 Å². The van der Waals surface area contributed by atoms with Crippen LogP contribution in [0.1, 0.15) is 19.8 Å². The highest BCUT2D eigenvalue weighted by molar-refractivity contribution is 7.75. The maximum Gasteiger partial charge on any atom is 0.248 e. The highest BCUT2D eigenvalue weighted by atomic mass is 32.1. The smallest absolute Gasteiger partial charge is 0.248 e. The van der Waals surface area contributed by atoms with Crippen LogP contribution in [0.5, 0.6) is 0 Å². The third-order valence-electron chi connectivity index (χ3n) is 2.43. The SMILES string of the molecule is C[C@@H]1C[C@H](OS)CCN1C(=O)CO. The van der Waals surface area contributed by atoms with Gasteiger partial charge in [-0.3, -0.25) is 4.79 Å². The molecule has 0 aliphatic carbocycles. The van der Waals surface area contributed by atoms with Gasteiger partial charge < -0.3 is 14.2 Å². The molecular formula is C8H15NO3S. The number of aliphatic hydroxyl groups excluding tert-OH is 1. The van der Waals surface area contributed by atoms with E-state index in [1.54, 1.807) is 4.90 Å². The summed E-state index contributed by atoms with van der Waals surface area (Å²) in [5.41, 5.74) is 0. The summed E-state index contributed by atoms with van der Waals surface area (Å²) in [6, 6.07) is 0.130. The standard InChI is InChI=1S/C8H15NO3S/c1-6-4-7(12-13)2-3-9(6)8(11)5-10/h6-7,10,13H,2-5H2,1H3/t6-,7-/m1/s1. The molecule has 0 aromatic heterocycles. The van der Waals surface area contributed by atoms with Crippen molar-refractivity contribution in [1.82, 2.24) is 4.90 Å². The molecule has 13 heavy (non-hydrogen) atoms. The predicted molar refractivity (Wildman–Crippen MR) is 51.4 cm³/mol. The Hall–Kier alpha value is -0.260. The van der Waals surface area contributed by atoms with Gasteiger partial charge in [0.2, 0.25) is 5.91 Å². The maximum absolute atomic E-state index is 11.2. The van der Waals surface area contributed by atoms with Crippen LogP contribution >= 0.6 is 12.9 Å². The number of hydrogen-bond acceptors (Lipinski definition) is 4. The van der Waals surface area contributed by atoms with Crippen molar-refractivity contribution in [1.29, 1.82) is 0 Å². The summed E-state index contributed by atoms with van der Waals surface area (Å²) in [4.78, 5) is 12.9. The van der Waals surface area contributed by atoms with E-state index in [2.05, 4.69) is 12.9 Å². The molecule has 1 fully saturated rings. The highest BCUT2D eigenvalue weighted by Crippen LogP contribution is 2.20. The van der Waals surface area contributed by atoms with Crippen LogP contribution < -0.4 is 0 Å².